The largest absolute Gasteiger partial charge is 0.355 e. The molecule has 0 saturated carbocycles. The number of rotatable bonds is 5. The van der Waals surface area contributed by atoms with Gasteiger partial charge in [0.05, 0.1) is 5.69 Å². The maximum absolute atomic E-state index is 12.2. The van der Waals surface area contributed by atoms with Crippen LogP contribution in [0.1, 0.15) is 16.2 Å². The average molecular weight is 333 g/mol. The number of fused-ring (bicyclic) bond motifs is 1. The first-order valence-electron chi connectivity index (χ1n) is 7.87. The van der Waals surface area contributed by atoms with Crippen LogP contribution in [0.4, 0.5) is 0 Å². The number of aromatic nitrogens is 4. The number of hydrogen-bond donors (Lipinski definition) is 1. The van der Waals surface area contributed by atoms with Gasteiger partial charge in [0, 0.05) is 49.4 Å². The molecule has 1 N–H and O–H groups in total. The molecule has 4 rings (SSSR count). The highest BCUT2D eigenvalue weighted by Crippen LogP contribution is 2.18. The Hall–Kier alpha value is -3.48. The molecular weight excluding hydrogens is 318 g/mol. The summed E-state index contributed by atoms with van der Waals surface area (Å²) in [6.07, 6.45) is 7.87. The third-order valence-electron chi connectivity index (χ3n) is 3.77. The fourth-order valence-electron chi connectivity index (χ4n) is 2.53. The standard InChI is InChI=1S/C18H15N5O2/c24-18(15-10-16(25-22-15)13-4-3-7-19-11-13)20-8-6-14-12-23-9-2-1-5-17(23)21-14/h1-5,7,9-12H,6,8H2,(H,20,24). The van der Waals surface area contributed by atoms with Gasteiger partial charge in [-0.3, -0.25) is 9.78 Å². The zero-order chi connectivity index (χ0) is 17.1. The molecule has 4 heterocycles. The van der Waals surface area contributed by atoms with Crippen molar-refractivity contribution in [3.63, 3.8) is 0 Å². The van der Waals surface area contributed by atoms with Crippen LogP contribution in [0.2, 0.25) is 0 Å². The highest BCUT2D eigenvalue weighted by Gasteiger charge is 2.13. The Labute approximate surface area is 143 Å². The third kappa shape index (κ3) is 3.25. The van der Waals surface area contributed by atoms with E-state index < -0.39 is 0 Å². The van der Waals surface area contributed by atoms with Crippen LogP contribution >= 0.6 is 0 Å². The third-order valence-corrected chi connectivity index (χ3v) is 3.77. The Morgan fingerprint density at radius 2 is 2.20 bits per heavy atom. The molecule has 4 aromatic heterocycles. The summed E-state index contributed by atoms with van der Waals surface area (Å²) in [5, 5.41) is 6.65. The van der Waals surface area contributed by atoms with Gasteiger partial charge in [0.2, 0.25) is 0 Å². The number of hydrogen-bond acceptors (Lipinski definition) is 5. The van der Waals surface area contributed by atoms with E-state index in [-0.39, 0.29) is 11.6 Å². The van der Waals surface area contributed by atoms with Crippen molar-refractivity contribution >= 4 is 11.6 Å². The lowest BCUT2D eigenvalue weighted by Gasteiger charge is -2.00. The molecule has 0 bridgehead atoms. The van der Waals surface area contributed by atoms with E-state index in [1.54, 1.807) is 24.5 Å². The lowest BCUT2D eigenvalue weighted by atomic mass is 10.2. The van der Waals surface area contributed by atoms with Crippen molar-refractivity contribution in [2.24, 2.45) is 0 Å². The molecule has 1 amide bonds. The van der Waals surface area contributed by atoms with Gasteiger partial charge >= 0.3 is 0 Å². The Balaban J connectivity index is 1.37. The van der Waals surface area contributed by atoms with Crippen LogP contribution in [-0.2, 0) is 6.42 Å². The minimum atomic E-state index is -0.275. The normalized spacial score (nSPS) is 10.9. The molecule has 0 saturated heterocycles. The van der Waals surface area contributed by atoms with Gasteiger partial charge in [0.1, 0.15) is 5.65 Å². The minimum absolute atomic E-state index is 0.244. The molecule has 25 heavy (non-hydrogen) atoms. The van der Waals surface area contributed by atoms with E-state index >= 15 is 0 Å². The molecular formula is C18H15N5O2. The summed E-state index contributed by atoms with van der Waals surface area (Å²) in [6.45, 7) is 0.470. The minimum Gasteiger partial charge on any atom is -0.355 e. The Kier molecular flexibility index (Phi) is 3.96. The summed E-state index contributed by atoms with van der Waals surface area (Å²) < 4.78 is 7.16. The smallest absolute Gasteiger partial charge is 0.273 e. The van der Waals surface area contributed by atoms with Crippen LogP contribution in [0.5, 0.6) is 0 Å². The molecule has 0 fully saturated rings. The van der Waals surface area contributed by atoms with Gasteiger partial charge in [-0.2, -0.15) is 0 Å². The number of nitrogens with one attached hydrogen (secondary N) is 1. The number of pyridine rings is 2. The summed E-state index contributed by atoms with van der Waals surface area (Å²) in [6, 6.07) is 11.1. The monoisotopic (exact) mass is 333 g/mol. The molecule has 0 radical (unpaired) electrons. The topological polar surface area (TPSA) is 85.3 Å². The molecule has 0 aliphatic heterocycles. The second kappa shape index (κ2) is 6.56. The first kappa shape index (κ1) is 15.1. The SMILES string of the molecule is O=C(NCCc1cn2ccccc2n1)c1cc(-c2cccnc2)on1. The zero-order valence-corrected chi connectivity index (χ0v) is 13.3. The molecule has 7 heteroatoms. The van der Waals surface area contributed by atoms with Crippen LogP contribution in [-0.4, -0.2) is 32.0 Å². The van der Waals surface area contributed by atoms with E-state index in [1.165, 1.54) is 0 Å². The van der Waals surface area contributed by atoms with E-state index in [9.17, 15) is 4.79 Å². The molecule has 7 nitrogen and oxygen atoms in total. The Morgan fingerprint density at radius 1 is 1.24 bits per heavy atom. The summed E-state index contributed by atoms with van der Waals surface area (Å²) in [5.41, 5.74) is 2.83. The molecule has 0 aliphatic rings. The van der Waals surface area contributed by atoms with Crippen molar-refractivity contribution in [1.82, 2.24) is 24.8 Å². The number of carbonyl (C=O) groups excluding carboxylic acids is 1. The lowest BCUT2D eigenvalue weighted by Crippen LogP contribution is -2.26. The van der Waals surface area contributed by atoms with Crippen LogP contribution < -0.4 is 5.32 Å². The Morgan fingerprint density at radius 3 is 3.04 bits per heavy atom. The number of carbonyl (C=O) groups is 1. The van der Waals surface area contributed by atoms with Crippen LogP contribution in [0, 0.1) is 0 Å². The zero-order valence-electron chi connectivity index (χ0n) is 13.3. The molecule has 0 atom stereocenters. The molecule has 0 aromatic carbocycles. The maximum atomic E-state index is 12.2. The quantitative estimate of drug-likeness (QED) is 0.606. The van der Waals surface area contributed by atoms with E-state index in [4.69, 9.17) is 4.52 Å². The predicted octanol–water partition coefficient (Wildman–Crippen LogP) is 2.36. The second-order valence-electron chi connectivity index (χ2n) is 5.52. The highest BCUT2D eigenvalue weighted by atomic mass is 16.5. The first-order valence-corrected chi connectivity index (χ1v) is 7.87. The Bertz CT molecular complexity index is 973. The van der Waals surface area contributed by atoms with Crippen molar-refractivity contribution in [3.05, 3.63) is 72.6 Å². The van der Waals surface area contributed by atoms with Crippen molar-refractivity contribution < 1.29 is 9.32 Å². The van der Waals surface area contributed by atoms with Crippen LogP contribution in [0.25, 0.3) is 17.0 Å². The summed E-state index contributed by atoms with van der Waals surface area (Å²) in [7, 11) is 0. The van der Waals surface area contributed by atoms with Crippen molar-refractivity contribution in [3.8, 4) is 11.3 Å². The van der Waals surface area contributed by atoms with E-state index in [0.29, 0.717) is 18.7 Å². The van der Waals surface area contributed by atoms with Gasteiger partial charge in [-0.05, 0) is 24.3 Å². The van der Waals surface area contributed by atoms with Crippen LogP contribution in [0.3, 0.4) is 0 Å². The predicted molar refractivity (Wildman–Crippen MR) is 91.0 cm³/mol. The van der Waals surface area contributed by atoms with E-state index in [1.807, 2.05) is 41.1 Å². The maximum Gasteiger partial charge on any atom is 0.273 e. The summed E-state index contributed by atoms with van der Waals surface area (Å²) >= 11 is 0. The lowest BCUT2D eigenvalue weighted by molar-refractivity contribution is 0.0945. The van der Waals surface area contributed by atoms with Gasteiger partial charge < -0.3 is 14.2 Å². The fourth-order valence-corrected chi connectivity index (χ4v) is 2.53. The van der Waals surface area contributed by atoms with Crippen molar-refractivity contribution in [2.45, 2.75) is 6.42 Å². The van der Waals surface area contributed by atoms with Gasteiger partial charge in [-0.25, -0.2) is 4.98 Å². The first-order chi connectivity index (χ1) is 12.3. The number of nitrogens with zero attached hydrogens (tertiary/aromatic N) is 4. The molecule has 0 aliphatic carbocycles. The van der Waals surface area contributed by atoms with Gasteiger partial charge in [-0.1, -0.05) is 11.2 Å². The van der Waals surface area contributed by atoms with Gasteiger partial charge in [0.15, 0.2) is 11.5 Å². The molecule has 4 aromatic rings. The average Bonchev–Trinajstić information content (AvgIpc) is 3.29. The van der Waals surface area contributed by atoms with Gasteiger partial charge in [0.25, 0.3) is 5.91 Å². The molecule has 0 spiro atoms. The highest BCUT2D eigenvalue weighted by molar-refractivity contribution is 5.93. The summed E-state index contributed by atoms with van der Waals surface area (Å²) in [4.78, 5) is 20.7. The van der Waals surface area contributed by atoms with Gasteiger partial charge in [-0.15, -0.1) is 0 Å². The molecule has 0 unspecified atom stereocenters. The van der Waals surface area contributed by atoms with Crippen molar-refractivity contribution in [1.29, 1.82) is 0 Å². The van der Waals surface area contributed by atoms with Crippen molar-refractivity contribution in [2.75, 3.05) is 6.54 Å². The second-order valence-corrected chi connectivity index (χ2v) is 5.52. The fraction of sp³-hybridized carbons (Fsp3) is 0.111. The molecule has 124 valence electrons. The van der Waals surface area contributed by atoms with Crippen LogP contribution in [0.15, 0.2) is 65.7 Å². The van der Waals surface area contributed by atoms with E-state index in [0.717, 1.165) is 16.9 Å². The summed E-state index contributed by atoms with van der Waals surface area (Å²) in [5.74, 6) is 0.237. The number of imidazole rings is 1. The number of amides is 1. The van der Waals surface area contributed by atoms with E-state index in [2.05, 4.69) is 20.4 Å².